The second kappa shape index (κ2) is 6.31. The van der Waals surface area contributed by atoms with E-state index in [2.05, 4.69) is 0 Å². The molecule has 0 aromatic heterocycles. The Morgan fingerprint density at radius 1 is 1.33 bits per heavy atom. The van der Waals surface area contributed by atoms with Gasteiger partial charge in [-0.15, -0.1) is 0 Å². The van der Waals surface area contributed by atoms with E-state index in [4.69, 9.17) is 4.74 Å². The van der Waals surface area contributed by atoms with E-state index in [1.165, 1.54) is 18.9 Å². The number of rotatable bonds is 5. The Morgan fingerprint density at radius 2 is 1.94 bits per heavy atom. The molecule has 1 unspecified atom stereocenters. The van der Waals surface area contributed by atoms with Crippen LogP contribution in [0.1, 0.15) is 19.4 Å². The Hall–Kier alpha value is -1.68. The van der Waals surface area contributed by atoms with Gasteiger partial charge in [0.2, 0.25) is 0 Å². The Kier molecular flexibility index (Phi) is 5.04. The van der Waals surface area contributed by atoms with Gasteiger partial charge in [0.15, 0.2) is 0 Å². The molecule has 0 heterocycles. The van der Waals surface area contributed by atoms with E-state index in [1.54, 1.807) is 6.92 Å². The van der Waals surface area contributed by atoms with Crippen LogP contribution in [0.15, 0.2) is 24.3 Å². The molecule has 1 aromatic rings. The van der Waals surface area contributed by atoms with Crippen molar-refractivity contribution in [3.8, 4) is 0 Å². The summed E-state index contributed by atoms with van der Waals surface area (Å²) in [6, 6.07) is 7.49. The zero-order valence-electron chi connectivity index (χ0n) is 11.3. The number of aryl methyl sites for hydroxylation is 1. The zero-order chi connectivity index (χ0) is 13.7. The molecule has 0 aliphatic heterocycles. The largest absolute Gasteiger partial charge is 0.372 e. The highest BCUT2D eigenvalue weighted by Gasteiger charge is 2.23. The Morgan fingerprint density at radius 3 is 2.44 bits per heavy atom. The number of methoxy groups -OCH3 is 1. The molecule has 0 saturated heterocycles. The van der Waals surface area contributed by atoms with Crippen molar-refractivity contribution in [1.82, 2.24) is 0 Å². The van der Waals surface area contributed by atoms with Crippen molar-refractivity contribution in [2.45, 2.75) is 26.9 Å². The molecule has 0 aliphatic carbocycles. The van der Waals surface area contributed by atoms with Crippen LogP contribution in [-0.4, -0.2) is 31.4 Å². The molecule has 1 aromatic carbocycles. The van der Waals surface area contributed by atoms with Gasteiger partial charge >= 0.3 is 0 Å². The third-order valence-corrected chi connectivity index (χ3v) is 2.75. The monoisotopic (exact) mass is 249 g/mol. The van der Waals surface area contributed by atoms with Crippen LogP contribution < -0.4 is 4.90 Å². The molecule has 0 radical (unpaired) electrons. The molecule has 4 heteroatoms. The van der Waals surface area contributed by atoms with Crippen LogP contribution in [-0.2, 0) is 14.3 Å². The van der Waals surface area contributed by atoms with E-state index >= 15 is 0 Å². The maximum Gasteiger partial charge on any atom is 0.256 e. The molecule has 0 N–H and O–H groups in total. The number of carbonyl (C=O) groups is 2. The molecule has 0 spiro atoms. The summed E-state index contributed by atoms with van der Waals surface area (Å²) in [5.41, 5.74) is 1.71. The Bertz CT molecular complexity index is 442. The van der Waals surface area contributed by atoms with Crippen LogP contribution in [0, 0.1) is 6.92 Å². The number of anilines is 1. The molecule has 1 atom stereocenters. The Balaban J connectivity index is 3.10. The summed E-state index contributed by atoms with van der Waals surface area (Å²) >= 11 is 0. The average molecular weight is 249 g/mol. The van der Waals surface area contributed by atoms with Crippen LogP contribution >= 0.6 is 0 Å². The van der Waals surface area contributed by atoms with Crippen molar-refractivity contribution in [2.75, 3.05) is 18.6 Å². The van der Waals surface area contributed by atoms with Crippen LogP contribution in [0.5, 0.6) is 0 Å². The van der Waals surface area contributed by atoms with E-state index in [1.807, 2.05) is 31.2 Å². The molecule has 1 rings (SSSR count). The molecule has 0 saturated carbocycles. The van der Waals surface area contributed by atoms with E-state index in [9.17, 15) is 9.59 Å². The molecule has 0 fully saturated rings. The number of ether oxygens (including phenoxy) is 1. The van der Waals surface area contributed by atoms with Gasteiger partial charge in [0.25, 0.3) is 5.91 Å². The first kappa shape index (κ1) is 14.4. The summed E-state index contributed by atoms with van der Waals surface area (Å²) in [6.07, 6.45) is -0.566. The van der Waals surface area contributed by atoms with Gasteiger partial charge in [0, 0.05) is 12.8 Å². The van der Waals surface area contributed by atoms with Crippen molar-refractivity contribution >= 4 is 17.4 Å². The number of hydrogen-bond donors (Lipinski definition) is 0. The normalized spacial score (nSPS) is 12.0. The van der Waals surface area contributed by atoms with Crippen LogP contribution in [0.3, 0.4) is 0 Å². The Labute approximate surface area is 108 Å². The third kappa shape index (κ3) is 3.40. The predicted octanol–water partition coefficient (Wildman–Crippen LogP) is 1.95. The number of para-hydroxylation sites is 1. The SMILES string of the molecule is COC(C)C(=O)N(CC(C)=O)c1ccccc1C. The van der Waals surface area contributed by atoms with Gasteiger partial charge in [0.05, 0.1) is 6.54 Å². The lowest BCUT2D eigenvalue weighted by molar-refractivity contribution is -0.128. The average Bonchev–Trinajstić information content (AvgIpc) is 2.35. The minimum Gasteiger partial charge on any atom is -0.372 e. The number of hydrogen-bond acceptors (Lipinski definition) is 3. The fourth-order valence-electron chi connectivity index (χ4n) is 1.69. The zero-order valence-corrected chi connectivity index (χ0v) is 11.3. The van der Waals surface area contributed by atoms with Crippen LogP contribution in [0.2, 0.25) is 0 Å². The summed E-state index contributed by atoms with van der Waals surface area (Å²) in [5, 5.41) is 0. The highest BCUT2D eigenvalue weighted by molar-refractivity contribution is 6.01. The molecule has 98 valence electrons. The van der Waals surface area contributed by atoms with Crippen molar-refractivity contribution in [1.29, 1.82) is 0 Å². The van der Waals surface area contributed by atoms with Gasteiger partial charge in [-0.25, -0.2) is 0 Å². The fourth-order valence-corrected chi connectivity index (χ4v) is 1.69. The van der Waals surface area contributed by atoms with Gasteiger partial charge in [-0.2, -0.15) is 0 Å². The minimum atomic E-state index is -0.566. The lowest BCUT2D eigenvalue weighted by Gasteiger charge is -2.25. The van der Waals surface area contributed by atoms with Gasteiger partial charge in [0.1, 0.15) is 11.9 Å². The maximum atomic E-state index is 12.2. The molecule has 0 bridgehead atoms. The summed E-state index contributed by atoms with van der Waals surface area (Å²) in [6.45, 7) is 5.12. The number of carbonyl (C=O) groups excluding carboxylic acids is 2. The second-order valence-electron chi connectivity index (χ2n) is 4.29. The van der Waals surface area contributed by atoms with Crippen molar-refractivity contribution in [3.63, 3.8) is 0 Å². The van der Waals surface area contributed by atoms with Crippen molar-refractivity contribution in [3.05, 3.63) is 29.8 Å². The quantitative estimate of drug-likeness (QED) is 0.801. The highest BCUT2D eigenvalue weighted by Crippen LogP contribution is 2.20. The first-order valence-electron chi connectivity index (χ1n) is 5.86. The van der Waals surface area contributed by atoms with Gasteiger partial charge in [-0.05, 0) is 32.4 Å². The molecular formula is C14H19NO3. The smallest absolute Gasteiger partial charge is 0.256 e. The molecular weight excluding hydrogens is 230 g/mol. The predicted molar refractivity (Wildman–Crippen MR) is 70.7 cm³/mol. The number of benzene rings is 1. The first-order valence-corrected chi connectivity index (χ1v) is 5.86. The lowest BCUT2D eigenvalue weighted by Crippen LogP contribution is -2.41. The molecule has 4 nitrogen and oxygen atoms in total. The summed E-state index contributed by atoms with van der Waals surface area (Å²) < 4.78 is 5.03. The standard InChI is InChI=1S/C14H19NO3/c1-10-7-5-6-8-13(10)15(9-11(2)16)14(17)12(3)18-4/h5-8,12H,9H2,1-4H3. The van der Waals surface area contributed by atoms with Crippen molar-refractivity contribution in [2.24, 2.45) is 0 Å². The van der Waals surface area contributed by atoms with E-state index in [-0.39, 0.29) is 18.2 Å². The molecule has 18 heavy (non-hydrogen) atoms. The maximum absolute atomic E-state index is 12.2. The first-order chi connectivity index (χ1) is 8.47. The fraction of sp³-hybridized carbons (Fsp3) is 0.429. The number of ketones is 1. The van der Waals surface area contributed by atoms with Gasteiger partial charge in [-0.1, -0.05) is 18.2 Å². The molecule has 0 aliphatic rings. The van der Waals surface area contributed by atoms with Crippen molar-refractivity contribution < 1.29 is 14.3 Å². The van der Waals surface area contributed by atoms with E-state index < -0.39 is 6.10 Å². The van der Waals surface area contributed by atoms with Gasteiger partial charge < -0.3 is 9.64 Å². The minimum absolute atomic E-state index is 0.0603. The third-order valence-electron chi connectivity index (χ3n) is 2.75. The van der Waals surface area contributed by atoms with E-state index in [0.717, 1.165) is 11.3 Å². The van der Waals surface area contributed by atoms with E-state index in [0.29, 0.717) is 0 Å². The number of Topliss-reactive ketones (excluding diaryl/α,β-unsaturated/α-hetero) is 1. The highest BCUT2D eigenvalue weighted by atomic mass is 16.5. The topological polar surface area (TPSA) is 46.6 Å². The second-order valence-corrected chi connectivity index (χ2v) is 4.29. The van der Waals surface area contributed by atoms with Crippen LogP contribution in [0.4, 0.5) is 5.69 Å². The summed E-state index contributed by atoms with van der Waals surface area (Å²) in [5.74, 6) is -0.267. The number of nitrogens with zero attached hydrogens (tertiary/aromatic N) is 1. The molecule has 1 amide bonds. The van der Waals surface area contributed by atoms with Gasteiger partial charge in [-0.3, -0.25) is 9.59 Å². The lowest BCUT2D eigenvalue weighted by atomic mass is 10.1. The summed E-state index contributed by atoms with van der Waals surface area (Å²) in [7, 11) is 1.48. The van der Waals surface area contributed by atoms with Crippen LogP contribution in [0.25, 0.3) is 0 Å². The number of amides is 1. The summed E-state index contributed by atoms with van der Waals surface area (Å²) in [4.78, 5) is 25.0.